The van der Waals surface area contributed by atoms with Crippen LogP contribution in [0, 0.1) is 0 Å². The summed E-state index contributed by atoms with van der Waals surface area (Å²) in [5, 5.41) is 1.27. The minimum absolute atomic E-state index is 0.594. The van der Waals surface area contributed by atoms with Gasteiger partial charge in [-0.2, -0.15) is 12.6 Å². The number of benzene rings is 1. The number of nitrogens with zero attached hydrogens (tertiary/aromatic N) is 1. The fraction of sp³-hybridized carbons (Fsp3) is 0.333. The Kier molecular flexibility index (Phi) is 3.03. The lowest BCUT2D eigenvalue weighted by atomic mass is 10.1. The Bertz CT molecular complexity index is 474. The first kappa shape index (κ1) is 10.6. The first-order chi connectivity index (χ1) is 7.31. The summed E-state index contributed by atoms with van der Waals surface area (Å²) in [7, 11) is 0. The molecule has 2 rings (SSSR count). The number of aromatic nitrogens is 1. The third-order valence-corrected chi connectivity index (χ3v) is 3.14. The predicted octanol–water partition coefficient (Wildman–Crippen LogP) is 2.55. The van der Waals surface area contributed by atoms with Gasteiger partial charge in [-0.1, -0.05) is 12.1 Å². The molecular formula is C12H16N2S. The average molecular weight is 220 g/mol. The Labute approximate surface area is 95.5 Å². The number of hydrogen-bond acceptors (Lipinski definition) is 2. The van der Waals surface area contributed by atoms with Crippen molar-refractivity contribution in [1.29, 1.82) is 0 Å². The van der Waals surface area contributed by atoms with Crippen molar-refractivity contribution in [2.24, 2.45) is 5.73 Å². The standard InChI is InChI=1S/C12H16N2S/c1-2-14-10(8-15)6-11-9(7-13)4-3-5-12(11)14/h3-6,15H,2,7-8,13H2,1H3. The molecule has 0 radical (unpaired) electrons. The molecule has 1 aromatic carbocycles. The Morgan fingerprint density at radius 1 is 1.40 bits per heavy atom. The van der Waals surface area contributed by atoms with Crippen LogP contribution in [0.3, 0.4) is 0 Å². The summed E-state index contributed by atoms with van der Waals surface area (Å²) in [5.41, 5.74) is 9.47. The molecule has 2 nitrogen and oxygen atoms in total. The second kappa shape index (κ2) is 4.29. The van der Waals surface area contributed by atoms with Gasteiger partial charge in [0.15, 0.2) is 0 Å². The monoisotopic (exact) mass is 220 g/mol. The number of fused-ring (bicyclic) bond motifs is 1. The topological polar surface area (TPSA) is 30.9 Å². The highest BCUT2D eigenvalue weighted by atomic mass is 32.1. The van der Waals surface area contributed by atoms with E-state index in [0.29, 0.717) is 6.54 Å². The van der Waals surface area contributed by atoms with E-state index < -0.39 is 0 Å². The summed E-state index contributed by atoms with van der Waals surface area (Å²) in [6, 6.07) is 8.50. The van der Waals surface area contributed by atoms with Crippen LogP contribution in [-0.2, 0) is 18.8 Å². The van der Waals surface area contributed by atoms with E-state index >= 15 is 0 Å². The molecule has 0 aliphatic heterocycles. The Balaban J connectivity index is 2.75. The number of nitrogens with two attached hydrogens (primary N) is 1. The summed E-state index contributed by atoms with van der Waals surface area (Å²) in [5.74, 6) is 0.770. The highest BCUT2D eigenvalue weighted by Gasteiger charge is 2.08. The van der Waals surface area contributed by atoms with E-state index in [2.05, 4.69) is 48.4 Å². The summed E-state index contributed by atoms with van der Waals surface area (Å²) in [6.07, 6.45) is 0. The molecule has 2 N–H and O–H groups in total. The molecule has 2 aromatic rings. The van der Waals surface area contributed by atoms with E-state index in [9.17, 15) is 0 Å². The highest BCUT2D eigenvalue weighted by Crippen LogP contribution is 2.24. The van der Waals surface area contributed by atoms with Crippen LogP contribution in [0.25, 0.3) is 10.9 Å². The molecule has 0 aliphatic carbocycles. The summed E-state index contributed by atoms with van der Waals surface area (Å²) >= 11 is 4.36. The van der Waals surface area contributed by atoms with E-state index in [1.165, 1.54) is 22.2 Å². The van der Waals surface area contributed by atoms with E-state index in [1.54, 1.807) is 0 Å². The maximum absolute atomic E-state index is 5.73. The maximum atomic E-state index is 5.73. The SMILES string of the molecule is CCn1c(CS)cc2c(CN)cccc21. The minimum atomic E-state index is 0.594. The number of hydrogen-bond donors (Lipinski definition) is 2. The molecule has 0 bridgehead atoms. The van der Waals surface area contributed by atoms with Crippen LogP contribution in [0.2, 0.25) is 0 Å². The number of thiol groups is 1. The van der Waals surface area contributed by atoms with Crippen molar-refractivity contribution in [3.8, 4) is 0 Å². The molecule has 3 heteroatoms. The van der Waals surface area contributed by atoms with Gasteiger partial charge in [-0.15, -0.1) is 0 Å². The molecule has 0 atom stereocenters. The molecule has 1 aromatic heterocycles. The molecular weight excluding hydrogens is 204 g/mol. The zero-order valence-electron chi connectivity index (χ0n) is 8.90. The van der Waals surface area contributed by atoms with Crippen molar-refractivity contribution in [2.45, 2.75) is 25.8 Å². The van der Waals surface area contributed by atoms with Crippen molar-refractivity contribution in [3.63, 3.8) is 0 Å². The molecule has 0 fully saturated rings. The molecule has 0 aliphatic rings. The van der Waals surface area contributed by atoms with Crippen LogP contribution in [0.1, 0.15) is 18.2 Å². The third kappa shape index (κ3) is 1.66. The first-order valence-electron chi connectivity index (χ1n) is 5.22. The van der Waals surface area contributed by atoms with E-state index in [1.807, 2.05) is 0 Å². The molecule has 0 amide bonds. The Hall–Kier alpha value is -0.930. The predicted molar refractivity (Wildman–Crippen MR) is 68.2 cm³/mol. The number of aryl methyl sites for hydroxylation is 1. The van der Waals surface area contributed by atoms with Gasteiger partial charge < -0.3 is 10.3 Å². The largest absolute Gasteiger partial charge is 0.344 e. The van der Waals surface area contributed by atoms with Crippen LogP contribution >= 0.6 is 12.6 Å². The Morgan fingerprint density at radius 3 is 2.80 bits per heavy atom. The van der Waals surface area contributed by atoms with Gasteiger partial charge >= 0.3 is 0 Å². The lowest BCUT2D eigenvalue weighted by Gasteiger charge is -2.05. The van der Waals surface area contributed by atoms with Crippen molar-refractivity contribution in [2.75, 3.05) is 0 Å². The summed E-state index contributed by atoms with van der Waals surface area (Å²) in [6.45, 7) is 3.73. The van der Waals surface area contributed by atoms with Crippen LogP contribution in [0.4, 0.5) is 0 Å². The fourth-order valence-corrected chi connectivity index (χ4v) is 2.35. The second-order valence-corrected chi connectivity index (χ2v) is 3.91. The number of rotatable bonds is 3. The lowest BCUT2D eigenvalue weighted by molar-refractivity contribution is 0.766. The van der Waals surface area contributed by atoms with Gasteiger partial charge in [-0.25, -0.2) is 0 Å². The van der Waals surface area contributed by atoms with Crippen LogP contribution in [-0.4, -0.2) is 4.57 Å². The van der Waals surface area contributed by atoms with Gasteiger partial charge in [-0.05, 0) is 24.6 Å². The quantitative estimate of drug-likeness (QED) is 0.765. The molecule has 0 spiro atoms. The van der Waals surface area contributed by atoms with Crippen molar-refractivity contribution >= 4 is 23.5 Å². The van der Waals surface area contributed by atoms with Gasteiger partial charge in [0, 0.05) is 35.4 Å². The molecule has 1 heterocycles. The van der Waals surface area contributed by atoms with E-state index in [4.69, 9.17) is 5.73 Å². The molecule has 80 valence electrons. The summed E-state index contributed by atoms with van der Waals surface area (Å²) in [4.78, 5) is 0. The molecule has 15 heavy (non-hydrogen) atoms. The zero-order chi connectivity index (χ0) is 10.8. The molecule has 0 unspecified atom stereocenters. The minimum Gasteiger partial charge on any atom is -0.344 e. The van der Waals surface area contributed by atoms with Gasteiger partial charge in [-0.3, -0.25) is 0 Å². The molecule has 0 saturated carbocycles. The normalized spacial score (nSPS) is 11.1. The second-order valence-electron chi connectivity index (χ2n) is 3.59. The van der Waals surface area contributed by atoms with Crippen molar-refractivity contribution < 1.29 is 0 Å². The van der Waals surface area contributed by atoms with E-state index in [0.717, 1.165) is 12.3 Å². The maximum Gasteiger partial charge on any atom is 0.0485 e. The summed E-state index contributed by atoms with van der Waals surface area (Å²) < 4.78 is 2.29. The third-order valence-electron chi connectivity index (χ3n) is 2.82. The van der Waals surface area contributed by atoms with Gasteiger partial charge in [0.1, 0.15) is 0 Å². The van der Waals surface area contributed by atoms with Crippen LogP contribution < -0.4 is 5.73 Å². The average Bonchev–Trinajstić information content (AvgIpc) is 2.66. The smallest absolute Gasteiger partial charge is 0.0485 e. The lowest BCUT2D eigenvalue weighted by Crippen LogP contribution is -1.99. The van der Waals surface area contributed by atoms with Crippen molar-refractivity contribution in [3.05, 3.63) is 35.5 Å². The van der Waals surface area contributed by atoms with Gasteiger partial charge in [0.05, 0.1) is 0 Å². The Morgan fingerprint density at radius 2 is 2.20 bits per heavy atom. The van der Waals surface area contributed by atoms with Gasteiger partial charge in [0.2, 0.25) is 0 Å². The van der Waals surface area contributed by atoms with Crippen LogP contribution in [0.5, 0.6) is 0 Å². The van der Waals surface area contributed by atoms with Crippen LogP contribution in [0.15, 0.2) is 24.3 Å². The first-order valence-corrected chi connectivity index (χ1v) is 5.86. The highest BCUT2D eigenvalue weighted by molar-refractivity contribution is 7.79. The van der Waals surface area contributed by atoms with E-state index in [-0.39, 0.29) is 0 Å². The fourth-order valence-electron chi connectivity index (χ4n) is 2.08. The molecule has 0 saturated heterocycles. The van der Waals surface area contributed by atoms with Crippen molar-refractivity contribution in [1.82, 2.24) is 4.57 Å². The zero-order valence-corrected chi connectivity index (χ0v) is 9.80. The van der Waals surface area contributed by atoms with Gasteiger partial charge in [0.25, 0.3) is 0 Å².